The van der Waals surface area contributed by atoms with E-state index >= 15 is 0 Å². The maximum absolute atomic E-state index is 12.7. The first-order valence-corrected chi connectivity index (χ1v) is 12.0. The zero-order valence-electron chi connectivity index (χ0n) is 18.9. The SMILES string of the molecule is CC(C)CCOc1ccc(Br)cc1C(=O)NC(=S)NNC(=O)COc1ccc2ccccc2c1. The number of carbonyl (C=O) groups is 2. The first-order chi connectivity index (χ1) is 16.3. The summed E-state index contributed by atoms with van der Waals surface area (Å²) in [5.41, 5.74) is 5.24. The van der Waals surface area contributed by atoms with Gasteiger partial charge in [0, 0.05) is 4.47 Å². The van der Waals surface area contributed by atoms with Gasteiger partial charge < -0.3 is 9.47 Å². The number of hydrogen-bond acceptors (Lipinski definition) is 5. The Balaban J connectivity index is 1.47. The molecule has 3 rings (SSSR count). The molecule has 34 heavy (non-hydrogen) atoms. The molecule has 0 aliphatic carbocycles. The van der Waals surface area contributed by atoms with Crippen LogP contribution in [-0.2, 0) is 4.79 Å². The fourth-order valence-electron chi connectivity index (χ4n) is 2.98. The highest BCUT2D eigenvalue weighted by molar-refractivity contribution is 9.10. The number of benzene rings is 3. The van der Waals surface area contributed by atoms with Crippen molar-refractivity contribution in [1.82, 2.24) is 16.2 Å². The summed E-state index contributed by atoms with van der Waals surface area (Å²) in [6, 6.07) is 18.6. The molecule has 0 unspecified atom stereocenters. The van der Waals surface area contributed by atoms with Gasteiger partial charge in [0.2, 0.25) is 0 Å². The topological polar surface area (TPSA) is 88.7 Å². The van der Waals surface area contributed by atoms with Crippen molar-refractivity contribution >= 4 is 55.8 Å². The van der Waals surface area contributed by atoms with E-state index in [1.807, 2.05) is 36.4 Å². The zero-order valence-corrected chi connectivity index (χ0v) is 21.3. The average molecular weight is 544 g/mol. The predicted octanol–water partition coefficient (Wildman–Crippen LogP) is 4.74. The molecule has 0 saturated carbocycles. The molecule has 0 aliphatic heterocycles. The molecule has 3 N–H and O–H groups in total. The van der Waals surface area contributed by atoms with Gasteiger partial charge in [0.1, 0.15) is 11.5 Å². The number of fused-ring (bicyclic) bond motifs is 1. The van der Waals surface area contributed by atoms with E-state index in [2.05, 4.69) is 45.9 Å². The normalized spacial score (nSPS) is 10.6. The van der Waals surface area contributed by atoms with Gasteiger partial charge in [0.05, 0.1) is 12.2 Å². The number of amides is 2. The summed E-state index contributed by atoms with van der Waals surface area (Å²) >= 11 is 8.49. The average Bonchev–Trinajstić information content (AvgIpc) is 2.82. The molecule has 0 atom stereocenters. The molecule has 0 spiro atoms. The summed E-state index contributed by atoms with van der Waals surface area (Å²) in [6.45, 7) is 4.48. The van der Waals surface area contributed by atoms with E-state index in [4.69, 9.17) is 21.7 Å². The van der Waals surface area contributed by atoms with E-state index in [0.29, 0.717) is 29.6 Å². The fraction of sp³-hybridized carbons (Fsp3) is 0.240. The highest BCUT2D eigenvalue weighted by Gasteiger charge is 2.15. The molecule has 0 aliphatic rings. The molecule has 3 aromatic carbocycles. The molecule has 0 bridgehead atoms. The Morgan fingerprint density at radius 3 is 2.50 bits per heavy atom. The Hall–Kier alpha value is -3.17. The molecule has 7 nitrogen and oxygen atoms in total. The van der Waals surface area contributed by atoms with Gasteiger partial charge in [-0.25, -0.2) is 0 Å². The van der Waals surface area contributed by atoms with Crippen molar-refractivity contribution in [3.05, 3.63) is 70.7 Å². The molecule has 9 heteroatoms. The minimum Gasteiger partial charge on any atom is -0.493 e. The van der Waals surface area contributed by atoms with Crippen molar-refractivity contribution in [2.45, 2.75) is 20.3 Å². The second kappa shape index (κ2) is 12.3. The van der Waals surface area contributed by atoms with Gasteiger partial charge in [-0.3, -0.25) is 25.8 Å². The summed E-state index contributed by atoms with van der Waals surface area (Å²) in [6.07, 6.45) is 0.865. The Morgan fingerprint density at radius 2 is 1.74 bits per heavy atom. The van der Waals surface area contributed by atoms with Crippen LogP contribution in [0, 0.1) is 5.92 Å². The number of hydrogen-bond donors (Lipinski definition) is 3. The van der Waals surface area contributed by atoms with E-state index in [1.165, 1.54) is 0 Å². The van der Waals surface area contributed by atoms with Crippen LogP contribution in [0.4, 0.5) is 0 Å². The third kappa shape index (κ3) is 7.71. The summed E-state index contributed by atoms with van der Waals surface area (Å²) in [5.74, 6) is 0.601. The maximum Gasteiger partial charge on any atom is 0.276 e. The molecular formula is C25H26BrN3O4S. The smallest absolute Gasteiger partial charge is 0.276 e. The quantitative estimate of drug-likeness (QED) is 0.281. The van der Waals surface area contributed by atoms with Crippen molar-refractivity contribution in [2.75, 3.05) is 13.2 Å². The van der Waals surface area contributed by atoms with Gasteiger partial charge in [-0.2, -0.15) is 0 Å². The lowest BCUT2D eigenvalue weighted by Crippen LogP contribution is -2.49. The number of hydrazine groups is 1. The van der Waals surface area contributed by atoms with Crippen LogP contribution in [0.15, 0.2) is 65.1 Å². The van der Waals surface area contributed by atoms with Crippen molar-refractivity contribution in [1.29, 1.82) is 0 Å². The van der Waals surface area contributed by atoms with Gasteiger partial charge in [-0.05, 0) is 65.7 Å². The highest BCUT2D eigenvalue weighted by atomic mass is 79.9. The van der Waals surface area contributed by atoms with Gasteiger partial charge in [-0.15, -0.1) is 0 Å². The van der Waals surface area contributed by atoms with E-state index in [9.17, 15) is 9.59 Å². The molecule has 0 aromatic heterocycles. The van der Waals surface area contributed by atoms with Crippen molar-refractivity contribution < 1.29 is 19.1 Å². The van der Waals surface area contributed by atoms with Crippen LogP contribution < -0.4 is 25.6 Å². The Kier molecular flexibility index (Phi) is 9.24. The van der Waals surface area contributed by atoms with Gasteiger partial charge in [0.15, 0.2) is 11.7 Å². The number of halogens is 1. The molecule has 0 heterocycles. The van der Waals surface area contributed by atoms with Crippen LogP contribution in [0.5, 0.6) is 11.5 Å². The van der Waals surface area contributed by atoms with Crippen molar-refractivity contribution in [3.63, 3.8) is 0 Å². The summed E-state index contributed by atoms with van der Waals surface area (Å²) in [4.78, 5) is 24.8. The summed E-state index contributed by atoms with van der Waals surface area (Å²) in [5, 5.41) is 4.58. The van der Waals surface area contributed by atoms with Crippen LogP contribution in [-0.4, -0.2) is 30.1 Å². The van der Waals surface area contributed by atoms with E-state index < -0.39 is 11.8 Å². The second-order valence-electron chi connectivity index (χ2n) is 7.93. The second-order valence-corrected chi connectivity index (χ2v) is 9.25. The van der Waals surface area contributed by atoms with Crippen molar-refractivity contribution in [2.24, 2.45) is 5.92 Å². The monoisotopic (exact) mass is 543 g/mol. The number of thiocarbonyl (C=S) groups is 1. The lowest BCUT2D eigenvalue weighted by Gasteiger charge is -2.14. The Labute approximate surface area is 212 Å². The molecule has 0 saturated heterocycles. The molecule has 178 valence electrons. The van der Waals surface area contributed by atoms with Crippen LogP contribution in [0.25, 0.3) is 10.8 Å². The summed E-state index contributed by atoms with van der Waals surface area (Å²) in [7, 11) is 0. The third-order valence-corrected chi connectivity index (χ3v) is 5.47. The lowest BCUT2D eigenvalue weighted by molar-refractivity contribution is -0.123. The largest absolute Gasteiger partial charge is 0.493 e. The van der Waals surface area contributed by atoms with Gasteiger partial charge >= 0.3 is 0 Å². The minimum atomic E-state index is -0.458. The molecular weight excluding hydrogens is 518 g/mol. The van der Waals surface area contributed by atoms with Crippen LogP contribution in [0.3, 0.4) is 0 Å². The van der Waals surface area contributed by atoms with Gasteiger partial charge in [-0.1, -0.05) is 60.1 Å². The maximum atomic E-state index is 12.7. The van der Waals surface area contributed by atoms with Crippen LogP contribution in [0.2, 0.25) is 0 Å². The minimum absolute atomic E-state index is 0.0582. The van der Waals surface area contributed by atoms with E-state index in [0.717, 1.165) is 21.7 Å². The highest BCUT2D eigenvalue weighted by Crippen LogP contribution is 2.24. The van der Waals surface area contributed by atoms with Gasteiger partial charge in [0.25, 0.3) is 11.8 Å². The lowest BCUT2D eigenvalue weighted by atomic mass is 10.1. The van der Waals surface area contributed by atoms with Crippen LogP contribution in [0.1, 0.15) is 30.6 Å². The predicted molar refractivity (Wildman–Crippen MR) is 140 cm³/mol. The van der Waals surface area contributed by atoms with Crippen molar-refractivity contribution in [3.8, 4) is 11.5 Å². The first kappa shape index (κ1) is 25.5. The van der Waals surface area contributed by atoms with Crippen LogP contribution >= 0.6 is 28.1 Å². The Morgan fingerprint density at radius 1 is 0.971 bits per heavy atom. The Bertz CT molecular complexity index is 1190. The fourth-order valence-corrected chi connectivity index (χ4v) is 3.49. The van der Waals surface area contributed by atoms with E-state index in [1.54, 1.807) is 24.3 Å². The number of ether oxygens (including phenoxy) is 2. The number of carbonyl (C=O) groups excluding carboxylic acids is 2. The standard InChI is InChI=1S/C25H26BrN3O4S/c1-16(2)11-12-32-22-10-8-19(26)14-21(22)24(31)27-25(34)29-28-23(30)15-33-20-9-7-17-5-3-4-6-18(17)13-20/h3-10,13-14,16H,11-12,15H2,1-2H3,(H,28,30)(H2,27,29,31,34). The third-order valence-electron chi connectivity index (χ3n) is 4.77. The molecule has 2 amide bonds. The number of nitrogens with one attached hydrogen (secondary N) is 3. The number of rotatable bonds is 8. The molecule has 0 radical (unpaired) electrons. The zero-order chi connectivity index (χ0) is 24.5. The first-order valence-electron chi connectivity index (χ1n) is 10.8. The molecule has 0 fully saturated rings. The van der Waals surface area contributed by atoms with E-state index in [-0.39, 0.29) is 11.7 Å². The summed E-state index contributed by atoms with van der Waals surface area (Å²) < 4.78 is 12.0. The molecule has 3 aromatic rings.